The van der Waals surface area contributed by atoms with Crippen LogP contribution in [0, 0.1) is 5.92 Å². The summed E-state index contributed by atoms with van der Waals surface area (Å²) in [4.78, 5) is 7.18. The Morgan fingerprint density at radius 2 is 1.74 bits per heavy atom. The molecule has 2 rings (SSSR count). The number of benzene rings is 1. The van der Waals surface area contributed by atoms with Crippen LogP contribution in [0.3, 0.4) is 0 Å². The molecule has 1 heterocycles. The fourth-order valence-corrected chi connectivity index (χ4v) is 3.51. The lowest BCUT2D eigenvalue weighted by molar-refractivity contribution is -0.176. The Morgan fingerprint density at radius 3 is 2.32 bits per heavy atom. The van der Waals surface area contributed by atoms with E-state index in [9.17, 15) is 13.2 Å². The molecule has 2 N–H and O–H groups in total. The summed E-state index contributed by atoms with van der Waals surface area (Å²) in [7, 11) is 0. The second kappa shape index (κ2) is 14.9. The van der Waals surface area contributed by atoms with Gasteiger partial charge in [0.1, 0.15) is 6.61 Å². The van der Waals surface area contributed by atoms with E-state index >= 15 is 0 Å². The zero-order valence-corrected chi connectivity index (χ0v) is 20.8. The molecule has 5 nitrogen and oxygen atoms in total. The molecule has 1 aliphatic heterocycles. The summed E-state index contributed by atoms with van der Waals surface area (Å²) in [5.41, 5.74) is 1.71. The van der Waals surface area contributed by atoms with Crippen LogP contribution in [0.2, 0.25) is 0 Å². The van der Waals surface area contributed by atoms with Crippen molar-refractivity contribution in [1.29, 1.82) is 0 Å². The van der Waals surface area contributed by atoms with Crippen LogP contribution in [0.4, 0.5) is 13.2 Å². The van der Waals surface area contributed by atoms with Crippen LogP contribution in [-0.4, -0.2) is 56.4 Å². The second-order valence-corrected chi connectivity index (χ2v) is 7.79. The number of nitrogens with one attached hydrogen (secondary N) is 2. The van der Waals surface area contributed by atoms with Gasteiger partial charge in [0.25, 0.3) is 0 Å². The number of ether oxygens (including phenoxy) is 1. The third kappa shape index (κ3) is 11.9. The Kier molecular flexibility index (Phi) is 13.4. The van der Waals surface area contributed by atoms with E-state index < -0.39 is 12.8 Å². The van der Waals surface area contributed by atoms with Gasteiger partial charge in [-0.25, -0.2) is 4.99 Å². The lowest BCUT2D eigenvalue weighted by Crippen LogP contribution is -2.43. The van der Waals surface area contributed by atoms with Gasteiger partial charge in [-0.2, -0.15) is 13.2 Å². The fraction of sp³-hybridized carbons (Fsp3) is 0.682. The molecule has 0 spiro atoms. The number of guanidine groups is 1. The van der Waals surface area contributed by atoms with Crippen molar-refractivity contribution in [3.05, 3.63) is 35.4 Å². The Labute approximate surface area is 201 Å². The average Bonchev–Trinajstić information content (AvgIpc) is 2.71. The largest absolute Gasteiger partial charge is 0.411 e. The normalized spacial score (nSPS) is 16.1. The van der Waals surface area contributed by atoms with E-state index in [0.717, 1.165) is 24.6 Å². The van der Waals surface area contributed by atoms with E-state index in [1.807, 2.05) is 19.1 Å². The lowest BCUT2D eigenvalue weighted by Gasteiger charge is -2.32. The lowest BCUT2D eigenvalue weighted by atomic mass is 9.97. The van der Waals surface area contributed by atoms with Gasteiger partial charge in [0.2, 0.25) is 0 Å². The molecule has 0 unspecified atom stereocenters. The van der Waals surface area contributed by atoms with Crippen molar-refractivity contribution in [2.45, 2.75) is 52.4 Å². The average molecular weight is 556 g/mol. The highest BCUT2D eigenvalue weighted by Gasteiger charge is 2.27. The standard InChI is InChI=1S/C22H35F3N4O.HI/c1-3-11-29-12-9-19(10-13-29)15-28-21(26-4-2)27-14-18-5-7-20(8-6-18)16-30-17-22(23,24)25;/h5-8,19H,3-4,9-17H2,1-2H3,(H2,26,27,28);1H. The summed E-state index contributed by atoms with van der Waals surface area (Å²) >= 11 is 0. The maximum absolute atomic E-state index is 12.1. The summed E-state index contributed by atoms with van der Waals surface area (Å²) in [5, 5.41) is 6.73. The van der Waals surface area contributed by atoms with Crippen molar-refractivity contribution in [3.63, 3.8) is 0 Å². The van der Waals surface area contributed by atoms with Crippen LogP contribution in [-0.2, 0) is 17.9 Å². The Balaban J connectivity index is 0.00000480. The van der Waals surface area contributed by atoms with Gasteiger partial charge in [-0.3, -0.25) is 0 Å². The van der Waals surface area contributed by atoms with Crippen molar-refractivity contribution in [3.8, 4) is 0 Å². The maximum Gasteiger partial charge on any atom is 0.411 e. The van der Waals surface area contributed by atoms with E-state index in [0.29, 0.717) is 18.0 Å². The zero-order chi connectivity index (χ0) is 21.8. The fourth-order valence-electron chi connectivity index (χ4n) is 3.51. The van der Waals surface area contributed by atoms with Crippen LogP contribution in [0.15, 0.2) is 29.3 Å². The number of likely N-dealkylation sites (tertiary alicyclic amines) is 1. The van der Waals surface area contributed by atoms with Crippen LogP contribution in [0.1, 0.15) is 44.2 Å². The third-order valence-electron chi connectivity index (χ3n) is 5.13. The van der Waals surface area contributed by atoms with E-state index in [-0.39, 0.29) is 30.6 Å². The summed E-state index contributed by atoms with van der Waals surface area (Å²) in [6, 6.07) is 7.32. The number of aliphatic imine (C=N–C) groups is 1. The Morgan fingerprint density at radius 1 is 1.10 bits per heavy atom. The van der Waals surface area contributed by atoms with Gasteiger partial charge in [-0.15, -0.1) is 24.0 Å². The number of halogens is 4. The molecule has 0 amide bonds. The molecule has 0 aliphatic carbocycles. The molecule has 0 radical (unpaired) electrons. The van der Waals surface area contributed by atoms with E-state index in [4.69, 9.17) is 0 Å². The number of alkyl halides is 3. The van der Waals surface area contributed by atoms with Gasteiger partial charge in [-0.1, -0.05) is 31.2 Å². The quantitative estimate of drug-likeness (QED) is 0.252. The van der Waals surface area contributed by atoms with Gasteiger partial charge >= 0.3 is 6.18 Å². The van der Waals surface area contributed by atoms with Crippen LogP contribution >= 0.6 is 24.0 Å². The number of hydrogen-bond donors (Lipinski definition) is 2. The molecule has 1 fully saturated rings. The maximum atomic E-state index is 12.1. The molecule has 178 valence electrons. The molecule has 0 aromatic heterocycles. The third-order valence-corrected chi connectivity index (χ3v) is 5.13. The highest BCUT2D eigenvalue weighted by atomic mass is 127. The van der Waals surface area contributed by atoms with Crippen molar-refractivity contribution >= 4 is 29.9 Å². The molecular formula is C22H36F3IN4O. The first-order valence-electron chi connectivity index (χ1n) is 10.9. The van der Waals surface area contributed by atoms with Gasteiger partial charge in [0, 0.05) is 13.1 Å². The number of nitrogens with zero attached hydrogens (tertiary/aromatic N) is 2. The molecule has 1 aliphatic rings. The minimum atomic E-state index is -4.29. The first kappa shape index (κ1) is 28.0. The minimum absolute atomic E-state index is 0. The molecule has 31 heavy (non-hydrogen) atoms. The highest BCUT2D eigenvalue weighted by molar-refractivity contribution is 14.0. The smallest absolute Gasteiger partial charge is 0.367 e. The summed E-state index contributed by atoms with van der Waals surface area (Å²) in [6.45, 7) is 8.74. The molecule has 1 aromatic rings. The van der Waals surface area contributed by atoms with Gasteiger partial charge in [-0.05, 0) is 62.9 Å². The van der Waals surface area contributed by atoms with Gasteiger partial charge in [0.15, 0.2) is 5.96 Å². The van der Waals surface area contributed by atoms with E-state index in [2.05, 4.69) is 32.2 Å². The van der Waals surface area contributed by atoms with Crippen molar-refractivity contribution in [2.75, 3.05) is 39.3 Å². The second-order valence-electron chi connectivity index (χ2n) is 7.79. The summed E-state index contributed by atoms with van der Waals surface area (Å²) < 4.78 is 41.1. The van der Waals surface area contributed by atoms with Crippen molar-refractivity contribution in [1.82, 2.24) is 15.5 Å². The number of rotatable bonds is 10. The molecular weight excluding hydrogens is 520 g/mol. The van der Waals surface area contributed by atoms with Crippen molar-refractivity contribution in [2.24, 2.45) is 10.9 Å². The van der Waals surface area contributed by atoms with Crippen LogP contribution in [0.5, 0.6) is 0 Å². The highest BCUT2D eigenvalue weighted by Crippen LogP contribution is 2.17. The summed E-state index contributed by atoms with van der Waals surface area (Å²) in [6.07, 6.45) is -0.660. The van der Waals surface area contributed by atoms with Crippen LogP contribution < -0.4 is 10.6 Å². The summed E-state index contributed by atoms with van der Waals surface area (Å²) in [5.74, 6) is 1.46. The predicted molar refractivity (Wildman–Crippen MR) is 130 cm³/mol. The zero-order valence-electron chi connectivity index (χ0n) is 18.5. The van der Waals surface area contributed by atoms with Gasteiger partial charge < -0.3 is 20.3 Å². The number of piperidine rings is 1. The molecule has 0 saturated carbocycles. The van der Waals surface area contributed by atoms with E-state index in [1.54, 1.807) is 12.1 Å². The Bertz CT molecular complexity index is 633. The molecule has 1 saturated heterocycles. The molecule has 1 aromatic carbocycles. The SMILES string of the molecule is CCCN1CCC(CNC(=NCc2ccc(COCC(F)(F)F)cc2)NCC)CC1.I. The molecule has 0 bridgehead atoms. The Hall–Kier alpha value is -1.07. The van der Waals surface area contributed by atoms with Gasteiger partial charge in [0.05, 0.1) is 13.2 Å². The topological polar surface area (TPSA) is 48.9 Å². The van der Waals surface area contributed by atoms with Crippen LogP contribution in [0.25, 0.3) is 0 Å². The molecule has 9 heteroatoms. The molecule has 0 atom stereocenters. The predicted octanol–water partition coefficient (Wildman–Crippen LogP) is 4.56. The van der Waals surface area contributed by atoms with Crippen molar-refractivity contribution < 1.29 is 17.9 Å². The first-order valence-corrected chi connectivity index (χ1v) is 10.9. The minimum Gasteiger partial charge on any atom is -0.367 e. The first-order chi connectivity index (χ1) is 14.4. The van der Waals surface area contributed by atoms with E-state index in [1.165, 1.54) is 38.9 Å². The number of hydrogen-bond acceptors (Lipinski definition) is 3. The monoisotopic (exact) mass is 556 g/mol.